The van der Waals surface area contributed by atoms with Crippen LogP contribution >= 0.6 is 0 Å². The molecule has 6 heteroatoms. The largest absolute Gasteiger partial charge is 0.497 e. The summed E-state index contributed by atoms with van der Waals surface area (Å²) in [5.74, 6) is 1.68. The van der Waals surface area contributed by atoms with Gasteiger partial charge >= 0.3 is 5.97 Å². The Morgan fingerprint density at radius 3 is 2.46 bits per heavy atom. The molecule has 1 saturated heterocycles. The van der Waals surface area contributed by atoms with Crippen molar-refractivity contribution in [1.29, 1.82) is 0 Å². The van der Waals surface area contributed by atoms with Gasteiger partial charge in [-0.1, -0.05) is 32.9 Å². The summed E-state index contributed by atoms with van der Waals surface area (Å²) in [5.41, 5.74) is 1.15. The predicted molar refractivity (Wildman–Crippen MR) is 104 cm³/mol. The summed E-state index contributed by atoms with van der Waals surface area (Å²) >= 11 is 0. The van der Waals surface area contributed by atoms with Gasteiger partial charge in [0.05, 0.1) is 20.1 Å². The highest BCUT2D eigenvalue weighted by molar-refractivity contribution is 5.82. The second-order valence-corrected chi connectivity index (χ2v) is 7.53. The van der Waals surface area contributed by atoms with Crippen LogP contribution in [0.3, 0.4) is 0 Å². The highest BCUT2D eigenvalue weighted by Gasteiger charge is 2.37. The average Bonchev–Trinajstić information content (AvgIpc) is 3.03. The molecule has 2 unspecified atom stereocenters. The minimum absolute atomic E-state index is 0.0741. The van der Waals surface area contributed by atoms with E-state index in [0.29, 0.717) is 6.54 Å². The summed E-state index contributed by atoms with van der Waals surface area (Å²) in [6.45, 7) is 8.63. The van der Waals surface area contributed by atoms with Gasteiger partial charge < -0.3 is 19.7 Å². The van der Waals surface area contributed by atoms with Crippen LogP contribution in [0, 0.1) is 11.8 Å². The first-order chi connectivity index (χ1) is 12.3. The zero-order valence-electron chi connectivity index (χ0n) is 16.7. The van der Waals surface area contributed by atoms with Gasteiger partial charge in [0.25, 0.3) is 0 Å². The van der Waals surface area contributed by atoms with Crippen molar-refractivity contribution in [3.05, 3.63) is 29.8 Å². The molecule has 0 spiro atoms. The maximum Gasteiger partial charge on any atom is 0.310 e. The second-order valence-electron chi connectivity index (χ2n) is 7.53. The highest BCUT2D eigenvalue weighted by atomic mass is 16.5. The topological polar surface area (TPSA) is 63.2 Å². The number of aliphatic imine (C=N–C) groups is 1. The number of benzene rings is 1. The van der Waals surface area contributed by atoms with Crippen LogP contribution in [-0.2, 0) is 14.9 Å². The normalized spacial score (nSPS) is 20.8. The number of carbonyl (C=O) groups excluding carboxylic acids is 1. The highest BCUT2D eigenvalue weighted by Crippen LogP contribution is 2.26. The maximum absolute atomic E-state index is 11.9. The third-order valence-electron chi connectivity index (χ3n) is 5.19. The molecule has 0 aromatic heterocycles. The van der Waals surface area contributed by atoms with E-state index in [9.17, 15) is 4.79 Å². The van der Waals surface area contributed by atoms with Crippen LogP contribution in [0.5, 0.6) is 5.75 Å². The smallest absolute Gasteiger partial charge is 0.310 e. The number of hydrogen-bond acceptors (Lipinski definition) is 4. The first-order valence-electron chi connectivity index (χ1n) is 9.00. The lowest BCUT2D eigenvalue weighted by atomic mass is 9.84. The Morgan fingerprint density at radius 2 is 1.92 bits per heavy atom. The molecule has 1 aliphatic rings. The Kier molecular flexibility index (Phi) is 6.51. The van der Waals surface area contributed by atoms with Crippen LogP contribution in [0.2, 0.25) is 0 Å². The number of guanidine groups is 1. The van der Waals surface area contributed by atoms with Crippen LogP contribution in [0.15, 0.2) is 29.3 Å². The Labute approximate surface area is 156 Å². The summed E-state index contributed by atoms with van der Waals surface area (Å²) in [5, 5.41) is 3.47. The van der Waals surface area contributed by atoms with E-state index < -0.39 is 0 Å². The summed E-state index contributed by atoms with van der Waals surface area (Å²) in [7, 11) is 4.89. The fourth-order valence-corrected chi connectivity index (χ4v) is 3.37. The van der Waals surface area contributed by atoms with E-state index in [1.807, 2.05) is 12.1 Å². The molecule has 1 N–H and O–H groups in total. The first-order valence-corrected chi connectivity index (χ1v) is 9.00. The van der Waals surface area contributed by atoms with E-state index in [0.717, 1.165) is 24.8 Å². The molecule has 1 aromatic carbocycles. The van der Waals surface area contributed by atoms with Gasteiger partial charge in [0, 0.05) is 32.1 Å². The van der Waals surface area contributed by atoms with Crippen molar-refractivity contribution in [3.63, 3.8) is 0 Å². The summed E-state index contributed by atoms with van der Waals surface area (Å²) < 4.78 is 10.2. The molecule has 0 radical (unpaired) electrons. The van der Waals surface area contributed by atoms with Crippen molar-refractivity contribution in [1.82, 2.24) is 10.2 Å². The van der Waals surface area contributed by atoms with E-state index in [2.05, 4.69) is 48.1 Å². The number of methoxy groups -OCH3 is 2. The minimum atomic E-state index is -0.144. The van der Waals surface area contributed by atoms with E-state index in [-0.39, 0.29) is 23.2 Å². The van der Waals surface area contributed by atoms with E-state index in [1.54, 1.807) is 14.2 Å². The Bertz CT molecular complexity index is 640. The number of nitrogens with one attached hydrogen (secondary N) is 1. The Balaban J connectivity index is 2.00. The van der Waals surface area contributed by atoms with Gasteiger partial charge in [-0.3, -0.25) is 9.79 Å². The van der Waals surface area contributed by atoms with E-state index >= 15 is 0 Å². The van der Waals surface area contributed by atoms with E-state index in [1.165, 1.54) is 12.7 Å². The lowest BCUT2D eigenvalue weighted by Crippen LogP contribution is -2.45. The average molecular weight is 361 g/mol. The van der Waals surface area contributed by atoms with Crippen molar-refractivity contribution in [2.75, 3.05) is 40.9 Å². The SMILES string of the molecule is CN=C(NCC(C)(C)c1ccc(OC)cc1)N1CC(C)C(C(=O)OC)C1. The van der Waals surface area contributed by atoms with Gasteiger partial charge in [-0.05, 0) is 23.6 Å². The molecule has 6 nitrogen and oxygen atoms in total. The molecular formula is C20H31N3O3. The molecule has 0 amide bonds. The number of hydrogen-bond donors (Lipinski definition) is 1. The van der Waals surface area contributed by atoms with Gasteiger partial charge in [-0.25, -0.2) is 0 Å². The van der Waals surface area contributed by atoms with Crippen molar-refractivity contribution >= 4 is 11.9 Å². The molecule has 2 atom stereocenters. The maximum atomic E-state index is 11.9. The van der Waals surface area contributed by atoms with Crippen LogP contribution in [0.1, 0.15) is 26.3 Å². The fourth-order valence-electron chi connectivity index (χ4n) is 3.37. The van der Waals surface area contributed by atoms with Crippen LogP contribution < -0.4 is 10.1 Å². The lowest BCUT2D eigenvalue weighted by Gasteiger charge is -2.29. The third-order valence-corrected chi connectivity index (χ3v) is 5.19. The number of carbonyl (C=O) groups is 1. The molecule has 1 fully saturated rings. The van der Waals surface area contributed by atoms with Gasteiger partial charge in [0.2, 0.25) is 0 Å². The van der Waals surface area contributed by atoms with Crippen molar-refractivity contribution < 1.29 is 14.3 Å². The predicted octanol–water partition coefficient (Wildman–Crippen LogP) is 2.29. The molecule has 26 heavy (non-hydrogen) atoms. The van der Waals surface area contributed by atoms with Crippen LogP contribution in [0.4, 0.5) is 0 Å². The molecule has 1 aliphatic heterocycles. The van der Waals surface area contributed by atoms with Gasteiger partial charge in [-0.15, -0.1) is 0 Å². The molecule has 0 aliphatic carbocycles. The van der Waals surface area contributed by atoms with Crippen molar-refractivity contribution in [2.45, 2.75) is 26.2 Å². The summed E-state index contributed by atoms with van der Waals surface area (Å²) in [6, 6.07) is 8.15. The lowest BCUT2D eigenvalue weighted by molar-refractivity contribution is -0.145. The van der Waals surface area contributed by atoms with Gasteiger partial charge in [0.1, 0.15) is 5.75 Å². The first kappa shape index (κ1) is 20.1. The van der Waals surface area contributed by atoms with Gasteiger partial charge in [0.15, 0.2) is 5.96 Å². The fraction of sp³-hybridized carbons (Fsp3) is 0.600. The zero-order valence-corrected chi connectivity index (χ0v) is 16.7. The molecule has 0 bridgehead atoms. The van der Waals surface area contributed by atoms with Crippen LogP contribution in [-0.4, -0.2) is 57.7 Å². The molecular weight excluding hydrogens is 330 g/mol. The van der Waals surface area contributed by atoms with Crippen LogP contribution in [0.25, 0.3) is 0 Å². The third kappa shape index (κ3) is 4.48. The molecule has 1 heterocycles. The number of nitrogens with zero attached hydrogens (tertiary/aromatic N) is 2. The van der Waals surface area contributed by atoms with Gasteiger partial charge in [-0.2, -0.15) is 0 Å². The Morgan fingerprint density at radius 1 is 1.27 bits per heavy atom. The molecule has 0 saturated carbocycles. The number of likely N-dealkylation sites (tertiary alicyclic amines) is 1. The molecule has 1 aromatic rings. The van der Waals surface area contributed by atoms with E-state index in [4.69, 9.17) is 9.47 Å². The van der Waals surface area contributed by atoms with Crippen molar-refractivity contribution in [3.8, 4) is 5.75 Å². The zero-order chi connectivity index (χ0) is 19.3. The standard InChI is InChI=1S/C20H31N3O3/c1-14-11-23(12-17(14)18(24)26-6)19(21-4)22-13-20(2,3)15-7-9-16(25-5)10-8-15/h7-10,14,17H,11-13H2,1-6H3,(H,21,22). The number of rotatable bonds is 5. The summed E-state index contributed by atoms with van der Waals surface area (Å²) in [4.78, 5) is 18.5. The quantitative estimate of drug-likeness (QED) is 0.495. The van der Waals surface area contributed by atoms with Crippen molar-refractivity contribution in [2.24, 2.45) is 16.8 Å². The summed E-state index contributed by atoms with van der Waals surface area (Å²) in [6.07, 6.45) is 0. The molecule has 144 valence electrons. The Hall–Kier alpha value is -2.24. The number of esters is 1. The minimum Gasteiger partial charge on any atom is -0.497 e. The molecule has 2 rings (SSSR count). The number of ether oxygens (including phenoxy) is 2. The second kappa shape index (κ2) is 8.43. The monoisotopic (exact) mass is 361 g/mol.